The van der Waals surface area contributed by atoms with Gasteiger partial charge in [-0.05, 0) is 0 Å². The van der Waals surface area contributed by atoms with Crippen molar-refractivity contribution in [2.75, 3.05) is 5.73 Å². The van der Waals surface area contributed by atoms with E-state index in [4.69, 9.17) is 17.3 Å². The highest BCUT2D eigenvalue weighted by Crippen LogP contribution is 2.33. The largest absolute Gasteiger partial charge is 0.384 e. The lowest BCUT2D eigenvalue weighted by Gasteiger charge is -2.03. The van der Waals surface area contributed by atoms with Gasteiger partial charge in [-0.3, -0.25) is 4.68 Å². The molecule has 0 spiro atoms. The van der Waals surface area contributed by atoms with E-state index in [1.807, 2.05) is 49.1 Å². The Morgan fingerprint density at radius 3 is 2.72 bits per heavy atom. The van der Waals surface area contributed by atoms with E-state index in [-0.39, 0.29) is 0 Å². The summed E-state index contributed by atoms with van der Waals surface area (Å²) in [6.45, 7) is 0. The number of nitrogens with two attached hydrogens (primary N) is 1. The number of halogens is 1. The number of nitrogen functional groups attached to an aromatic ring is 1. The molecule has 0 fully saturated rings. The van der Waals surface area contributed by atoms with Crippen molar-refractivity contribution in [1.29, 1.82) is 0 Å². The Kier molecular flexibility index (Phi) is 2.35. The molecule has 0 saturated carbocycles. The zero-order chi connectivity index (χ0) is 12.9. The second kappa shape index (κ2) is 3.78. The van der Waals surface area contributed by atoms with Crippen molar-refractivity contribution < 1.29 is 0 Å². The lowest BCUT2D eigenvalue weighted by atomic mass is 10.1. The molecule has 2 heterocycles. The number of hydrogen-bond donors (Lipinski definition) is 1. The van der Waals surface area contributed by atoms with Crippen molar-refractivity contribution >= 4 is 28.3 Å². The summed E-state index contributed by atoms with van der Waals surface area (Å²) in [4.78, 5) is 0. The van der Waals surface area contributed by atoms with Gasteiger partial charge in [0.05, 0.1) is 16.2 Å². The van der Waals surface area contributed by atoms with Gasteiger partial charge in [0, 0.05) is 37.3 Å². The number of nitrogens with zero attached hydrogens (tertiary/aromatic N) is 3. The van der Waals surface area contributed by atoms with Crippen molar-refractivity contribution in [3.05, 3.63) is 35.5 Å². The molecule has 0 radical (unpaired) electrons. The molecule has 4 nitrogen and oxygen atoms in total. The summed E-state index contributed by atoms with van der Waals surface area (Å²) in [6, 6.07) is 7.89. The summed E-state index contributed by atoms with van der Waals surface area (Å²) in [7, 11) is 3.81. The number of fused-ring (bicyclic) bond motifs is 1. The molecule has 92 valence electrons. The van der Waals surface area contributed by atoms with Crippen LogP contribution >= 0.6 is 11.6 Å². The Morgan fingerprint density at radius 1 is 1.28 bits per heavy atom. The molecule has 0 aliphatic rings. The standard InChI is InChI=1S/C13H13ClN4/c1-17-7-10(14)8-4-3-5-9(13(8)17)11-6-12(15)18(2)16-11/h3-7H,15H2,1-2H3. The van der Waals surface area contributed by atoms with Crippen LogP contribution in [0.2, 0.25) is 5.02 Å². The molecule has 18 heavy (non-hydrogen) atoms. The Hall–Kier alpha value is -1.94. The third-order valence-electron chi connectivity index (χ3n) is 3.14. The minimum atomic E-state index is 0.641. The van der Waals surface area contributed by atoms with Gasteiger partial charge < -0.3 is 10.3 Å². The van der Waals surface area contributed by atoms with Crippen LogP contribution in [-0.4, -0.2) is 14.3 Å². The molecule has 0 aliphatic heterocycles. The third-order valence-corrected chi connectivity index (χ3v) is 3.45. The van der Waals surface area contributed by atoms with Gasteiger partial charge in [0.15, 0.2) is 0 Å². The quantitative estimate of drug-likeness (QED) is 0.731. The maximum atomic E-state index is 6.20. The summed E-state index contributed by atoms with van der Waals surface area (Å²) < 4.78 is 3.68. The Labute approximate surface area is 110 Å². The van der Waals surface area contributed by atoms with Gasteiger partial charge in [0.1, 0.15) is 5.82 Å². The molecule has 3 aromatic rings. The van der Waals surface area contributed by atoms with Crippen LogP contribution in [0.4, 0.5) is 5.82 Å². The molecule has 2 N–H and O–H groups in total. The lowest BCUT2D eigenvalue weighted by molar-refractivity contribution is 0.782. The fourth-order valence-corrected chi connectivity index (χ4v) is 2.54. The van der Waals surface area contributed by atoms with Gasteiger partial charge >= 0.3 is 0 Å². The summed E-state index contributed by atoms with van der Waals surface area (Å²) in [5, 5.41) is 6.19. The highest BCUT2D eigenvalue weighted by atomic mass is 35.5. The summed E-state index contributed by atoms with van der Waals surface area (Å²) in [5.74, 6) is 0.641. The predicted molar refractivity (Wildman–Crippen MR) is 74.5 cm³/mol. The average Bonchev–Trinajstić information content (AvgIpc) is 2.82. The SMILES string of the molecule is Cn1nc(-c2cccc3c(Cl)cn(C)c23)cc1N. The van der Waals surface area contributed by atoms with Gasteiger partial charge in [0.2, 0.25) is 0 Å². The second-order valence-electron chi connectivity index (χ2n) is 4.37. The highest BCUT2D eigenvalue weighted by Gasteiger charge is 2.13. The maximum absolute atomic E-state index is 6.20. The Morgan fingerprint density at radius 2 is 2.06 bits per heavy atom. The number of aryl methyl sites for hydroxylation is 2. The molecule has 0 atom stereocenters. The minimum Gasteiger partial charge on any atom is -0.384 e. The molecule has 3 rings (SSSR count). The van der Waals surface area contributed by atoms with E-state index in [2.05, 4.69) is 5.10 Å². The summed E-state index contributed by atoms with van der Waals surface area (Å²) in [6.07, 6.45) is 1.90. The predicted octanol–water partition coefficient (Wildman–Crippen LogP) is 2.81. The second-order valence-corrected chi connectivity index (χ2v) is 4.77. The van der Waals surface area contributed by atoms with Gasteiger partial charge in [-0.15, -0.1) is 0 Å². The maximum Gasteiger partial charge on any atom is 0.121 e. The first-order valence-corrected chi connectivity index (χ1v) is 5.99. The van der Waals surface area contributed by atoms with Crippen molar-refractivity contribution in [3.8, 4) is 11.3 Å². The first-order valence-electron chi connectivity index (χ1n) is 5.61. The van der Waals surface area contributed by atoms with Crippen LogP contribution in [-0.2, 0) is 14.1 Å². The highest BCUT2D eigenvalue weighted by molar-refractivity contribution is 6.36. The van der Waals surface area contributed by atoms with Crippen molar-refractivity contribution in [3.63, 3.8) is 0 Å². The smallest absolute Gasteiger partial charge is 0.121 e. The molecule has 0 bridgehead atoms. The topological polar surface area (TPSA) is 48.8 Å². The van der Waals surface area contributed by atoms with E-state index < -0.39 is 0 Å². The number of anilines is 1. The van der Waals surface area contributed by atoms with Crippen LogP contribution in [0.15, 0.2) is 30.5 Å². The molecule has 2 aromatic heterocycles. The van der Waals surface area contributed by atoms with Crippen LogP contribution in [0.5, 0.6) is 0 Å². The van der Waals surface area contributed by atoms with Crippen LogP contribution < -0.4 is 5.73 Å². The average molecular weight is 261 g/mol. The molecule has 0 amide bonds. The number of benzene rings is 1. The van der Waals surface area contributed by atoms with E-state index in [0.29, 0.717) is 5.82 Å². The van der Waals surface area contributed by atoms with E-state index in [1.54, 1.807) is 4.68 Å². The monoisotopic (exact) mass is 260 g/mol. The normalized spacial score (nSPS) is 11.3. The Balaban J connectivity index is 2.35. The zero-order valence-electron chi connectivity index (χ0n) is 10.2. The lowest BCUT2D eigenvalue weighted by Crippen LogP contribution is -1.96. The molecule has 1 aromatic carbocycles. The fraction of sp³-hybridized carbons (Fsp3) is 0.154. The minimum absolute atomic E-state index is 0.641. The number of rotatable bonds is 1. The molecular formula is C13H13ClN4. The van der Waals surface area contributed by atoms with E-state index in [0.717, 1.165) is 27.2 Å². The summed E-state index contributed by atoms with van der Waals surface area (Å²) in [5.41, 5.74) is 8.80. The number of para-hydroxylation sites is 1. The van der Waals surface area contributed by atoms with Crippen LogP contribution in [0.3, 0.4) is 0 Å². The molecule has 5 heteroatoms. The number of aromatic nitrogens is 3. The third kappa shape index (κ3) is 1.49. The zero-order valence-corrected chi connectivity index (χ0v) is 10.9. The summed E-state index contributed by atoms with van der Waals surface area (Å²) >= 11 is 6.20. The molecular weight excluding hydrogens is 248 g/mol. The van der Waals surface area contributed by atoms with Crippen LogP contribution in [0, 0.1) is 0 Å². The first-order chi connectivity index (χ1) is 8.58. The van der Waals surface area contributed by atoms with E-state index in [9.17, 15) is 0 Å². The van der Waals surface area contributed by atoms with Gasteiger partial charge in [0.25, 0.3) is 0 Å². The van der Waals surface area contributed by atoms with Crippen molar-refractivity contribution in [2.24, 2.45) is 14.1 Å². The van der Waals surface area contributed by atoms with E-state index in [1.165, 1.54) is 0 Å². The van der Waals surface area contributed by atoms with Crippen molar-refractivity contribution in [2.45, 2.75) is 0 Å². The Bertz CT molecular complexity index is 719. The molecule has 0 saturated heterocycles. The van der Waals surface area contributed by atoms with Gasteiger partial charge in [-0.1, -0.05) is 29.8 Å². The molecule has 0 unspecified atom stereocenters. The van der Waals surface area contributed by atoms with Crippen LogP contribution in [0.1, 0.15) is 0 Å². The van der Waals surface area contributed by atoms with Gasteiger partial charge in [-0.25, -0.2) is 0 Å². The fourth-order valence-electron chi connectivity index (χ4n) is 2.24. The molecule has 0 aliphatic carbocycles. The number of hydrogen-bond acceptors (Lipinski definition) is 2. The van der Waals surface area contributed by atoms with Crippen molar-refractivity contribution in [1.82, 2.24) is 14.3 Å². The first kappa shape index (κ1) is 11.2. The van der Waals surface area contributed by atoms with Gasteiger partial charge in [-0.2, -0.15) is 5.10 Å². The van der Waals surface area contributed by atoms with Crippen LogP contribution in [0.25, 0.3) is 22.2 Å². The van der Waals surface area contributed by atoms with E-state index >= 15 is 0 Å².